The van der Waals surface area contributed by atoms with E-state index in [1.54, 1.807) is 11.2 Å². The third kappa shape index (κ3) is 6.29. The lowest BCUT2D eigenvalue weighted by Crippen LogP contribution is -2.48. The second-order valence-corrected chi connectivity index (χ2v) is 10.5. The predicted molar refractivity (Wildman–Crippen MR) is 134 cm³/mol. The van der Waals surface area contributed by atoms with E-state index < -0.39 is 5.60 Å². The molecule has 1 N–H and O–H groups in total. The van der Waals surface area contributed by atoms with Gasteiger partial charge in [0.1, 0.15) is 24.3 Å². The molecule has 2 amide bonds. The van der Waals surface area contributed by atoms with E-state index in [2.05, 4.69) is 15.3 Å². The maximum atomic E-state index is 12.8. The molecule has 1 saturated heterocycles. The summed E-state index contributed by atoms with van der Waals surface area (Å²) in [6, 6.07) is 5.60. The Bertz CT molecular complexity index is 1070. The molecule has 2 aliphatic rings. The van der Waals surface area contributed by atoms with Crippen LogP contribution in [0.5, 0.6) is 5.75 Å². The molecular weight excluding hydrogens is 444 g/mol. The van der Waals surface area contributed by atoms with Crippen molar-refractivity contribution in [3.05, 3.63) is 35.9 Å². The number of rotatable bonds is 6. The van der Waals surface area contributed by atoms with Crippen molar-refractivity contribution in [2.45, 2.75) is 78.4 Å². The molecule has 2 fully saturated rings. The minimum atomic E-state index is -0.545. The molecule has 2 aromatic rings. The fourth-order valence-electron chi connectivity index (χ4n) is 4.42. The average molecular weight is 481 g/mol. The maximum Gasteiger partial charge on any atom is 0.410 e. The Morgan fingerprint density at radius 3 is 2.46 bits per heavy atom. The van der Waals surface area contributed by atoms with Crippen LogP contribution in [0.25, 0.3) is 11.1 Å². The summed E-state index contributed by atoms with van der Waals surface area (Å²) < 4.78 is 12.0. The standard InChI is InChI=1S/C27H36N4O4/c1-17-24(18(2)29-16-28-17)22-14-20(30-25(32)19-9-10-19)11-12-23(22)34-15-21-8-6-7-13-31(21)26(33)35-27(3,4)5/h11-12,14,16,19,21H,6-10,13,15H2,1-5H3,(H,30,32)/t21-/m0/s1. The summed E-state index contributed by atoms with van der Waals surface area (Å²) >= 11 is 0. The van der Waals surface area contributed by atoms with Crippen LogP contribution in [0.1, 0.15) is 64.3 Å². The van der Waals surface area contributed by atoms with Gasteiger partial charge in [0.15, 0.2) is 0 Å². The maximum absolute atomic E-state index is 12.8. The minimum absolute atomic E-state index is 0.0533. The van der Waals surface area contributed by atoms with Gasteiger partial charge in [-0.3, -0.25) is 4.79 Å². The van der Waals surface area contributed by atoms with Gasteiger partial charge in [0, 0.05) is 40.7 Å². The highest BCUT2D eigenvalue weighted by Crippen LogP contribution is 2.37. The molecule has 8 nitrogen and oxygen atoms in total. The van der Waals surface area contributed by atoms with Crippen molar-refractivity contribution in [3.8, 4) is 16.9 Å². The smallest absolute Gasteiger partial charge is 0.410 e. The first-order valence-electron chi connectivity index (χ1n) is 12.5. The molecule has 1 aromatic heterocycles. The van der Waals surface area contributed by atoms with Crippen LogP contribution >= 0.6 is 0 Å². The first-order chi connectivity index (χ1) is 16.6. The van der Waals surface area contributed by atoms with E-state index in [1.165, 1.54) is 0 Å². The second kappa shape index (κ2) is 10.2. The molecule has 0 unspecified atom stereocenters. The van der Waals surface area contributed by atoms with Crippen LogP contribution < -0.4 is 10.1 Å². The van der Waals surface area contributed by atoms with Crippen LogP contribution in [0.15, 0.2) is 24.5 Å². The number of carbonyl (C=O) groups is 2. The van der Waals surface area contributed by atoms with Gasteiger partial charge in [0.2, 0.25) is 5.91 Å². The summed E-state index contributed by atoms with van der Waals surface area (Å²) in [5.41, 5.74) is 3.56. The normalized spacial score (nSPS) is 18.2. The molecule has 1 saturated carbocycles. The van der Waals surface area contributed by atoms with E-state index in [4.69, 9.17) is 9.47 Å². The predicted octanol–water partition coefficient (Wildman–Crippen LogP) is 5.28. The minimum Gasteiger partial charge on any atom is -0.491 e. The molecule has 0 radical (unpaired) electrons. The number of aryl methyl sites for hydroxylation is 2. The topological polar surface area (TPSA) is 93.6 Å². The Hall–Kier alpha value is -3.16. The first-order valence-corrected chi connectivity index (χ1v) is 12.5. The van der Waals surface area contributed by atoms with Crippen molar-refractivity contribution >= 4 is 17.7 Å². The Morgan fingerprint density at radius 1 is 1.09 bits per heavy atom. The van der Waals surface area contributed by atoms with Crippen molar-refractivity contribution < 1.29 is 19.1 Å². The van der Waals surface area contributed by atoms with E-state index in [9.17, 15) is 9.59 Å². The molecule has 4 rings (SSSR count). The number of benzene rings is 1. The number of nitrogens with zero attached hydrogens (tertiary/aromatic N) is 3. The van der Waals surface area contributed by atoms with Crippen LogP contribution in [0.4, 0.5) is 10.5 Å². The van der Waals surface area contributed by atoms with Crippen molar-refractivity contribution in [2.24, 2.45) is 5.92 Å². The number of hydrogen-bond acceptors (Lipinski definition) is 6. The summed E-state index contributed by atoms with van der Waals surface area (Å²) in [5, 5.41) is 3.02. The quantitative estimate of drug-likeness (QED) is 0.605. The zero-order valence-corrected chi connectivity index (χ0v) is 21.4. The van der Waals surface area contributed by atoms with Crippen LogP contribution in [0, 0.1) is 19.8 Å². The molecule has 1 aromatic carbocycles. The van der Waals surface area contributed by atoms with E-state index in [-0.39, 0.29) is 24.0 Å². The van der Waals surface area contributed by atoms with Crippen LogP contribution in [0.2, 0.25) is 0 Å². The summed E-state index contributed by atoms with van der Waals surface area (Å²) in [6.07, 6.45) is 5.99. The van der Waals surface area contributed by atoms with Crippen LogP contribution in [-0.4, -0.2) is 51.7 Å². The fourth-order valence-corrected chi connectivity index (χ4v) is 4.42. The summed E-state index contributed by atoms with van der Waals surface area (Å²) in [4.78, 5) is 35.7. The highest BCUT2D eigenvalue weighted by Gasteiger charge is 2.32. The number of hydrogen-bond donors (Lipinski definition) is 1. The monoisotopic (exact) mass is 480 g/mol. The summed E-state index contributed by atoms with van der Waals surface area (Å²) in [6.45, 7) is 10.5. The van der Waals surface area contributed by atoms with Crippen molar-refractivity contribution in [2.75, 3.05) is 18.5 Å². The van der Waals surface area contributed by atoms with Gasteiger partial charge < -0.3 is 19.7 Å². The van der Waals surface area contributed by atoms with Gasteiger partial charge >= 0.3 is 6.09 Å². The van der Waals surface area contributed by atoms with Crippen LogP contribution in [-0.2, 0) is 9.53 Å². The van der Waals surface area contributed by atoms with Gasteiger partial charge in [-0.05, 0) is 84.9 Å². The number of nitrogens with one attached hydrogen (secondary N) is 1. The van der Waals surface area contributed by atoms with Gasteiger partial charge in [0.25, 0.3) is 0 Å². The molecule has 0 spiro atoms. The first kappa shape index (κ1) is 24.9. The van der Waals surface area contributed by atoms with Crippen molar-refractivity contribution in [3.63, 3.8) is 0 Å². The number of anilines is 1. The molecule has 2 heterocycles. The average Bonchev–Trinajstić information content (AvgIpc) is 3.63. The molecule has 1 atom stereocenters. The van der Waals surface area contributed by atoms with Gasteiger partial charge in [-0.15, -0.1) is 0 Å². The molecule has 188 valence electrons. The third-order valence-corrected chi connectivity index (χ3v) is 6.38. The van der Waals surface area contributed by atoms with Gasteiger partial charge in [-0.25, -0.2) is 14.8 Å². The lowest BCUT2D eigenvalue weighted by atomic mass is 10.0. The molecular formula is C27H36N4O4. The molecule has 35 heavy (non-hydrogen) atoms. The number of piperidine rings is 1. The Kier molecular flexibility index (Phi) is 7.28. The Balaban J connectivity index is 1.58. The Labute approximate surface area is 207 Å². The third-order valence-electron chi connectivity index (χ3n) is 6.38. The highest BCUT2D eigenvalue weighted by atomic mass is 16.6. The van der Waals surface area contributed by atoms with E-state index in [1.807, 2.05) is 52.8 Å². The number of aromatic nitrogens is 2. The molecule has 0 bridgehead atoms. The second-order valence-electron chi connectivity index (χ2n) is 10.5. The largest absolute Gasteiger partial charge is 0.491 e. The summed E-state index contributed by atoms with van der Waals surface area (Å²) in [7, 11) is 0. The SMILES string of the molecule is Cc1ncnc(C)c1-c1cc(NC(=O)C2CC2)ccc1OC[C@@H]1CCCCN1C(=O)OC(C)(C)C. The number of carbonyl (C=O) groups excluding carboxylic acids is 2. The zero-order chi connectivity index (χ0) is 25.2. The van der Waals surface area contributed by atoms with E-state index >= 15 is 0 Å². The molecule has 8 heteroatoms. The fraction of sp³-hybridized carbons (Fsp3) is 0.556. The van der Waals surface area contributed by atoms with Gasteiger partial charge in [-0.1, -0.05) is 0 Å². The van der Waals surface area contributed by atoms with E-state index in [0.717, 1.165) is 60.3 Å². The highest BCUT2D eigenvalue weighted by molar-refractivity contribution is 5.95. The number of likely N-dealkylation sites (tertiary alicyclic amines) is 1. The molecule has 1 aliphatic carbocycles. The lowest BCUT2D eigenvalue weighted by Gasteiger charge is -2.36. The molecule has 1 aliphatic heterocycles. The van der Waals surface area contributed by atoms with E-state index in [0.29, 0.717) is 18.9 Å². The lowest BCUT2D eigenvalue weighted by molar-refractivity contribution is -0.117. The van der Waals surface area contributed by atoms with Gasteiger partial charge in [-0.2, -0.15) is 0 Å². The van der Waals surface area contributed by atoms with Crippen molar-refractivity contribution in [1.82, 2.24) is 14.9 Å². The Morgan fingerprint density at radius 2 is 1.80 bits per heavy atom. The van der Waals surface area contributed by atoms with Gasteiger partial charge in [0.05, 0.1) is 6.04 Å². The summed E-state index contributed by atoms with van der Waals surface area (Å²) in [5.74, 6) is 0.839. The van der Waals surface area contributed by atoms with Crippen LogP contribution in [0.3, 0.4) is 0 Å². The van der Waals surface area contributed by atoms with Crippen molar-refractivity contribution in [1.29, 1.82) is 0 Å². The number of ether oxygens (including phenoxy) is 2. The number of amides is 2. The zero-order valence-electron chi connectivity index (χ0n) is 21.4.